The summed E-state index contributed by atoms with van der Waals surface area (Å²) in [5.41, 5.74) is 0.818. The number of sulfone groups is 1. The lowest BCUT2D eigenvalue weighted by Crippen LogP contribution is -2.38. The van der Waals surface area contributed by atoms with E-state index < -0.39 is 9.84 Å². The van der Waals surface area contributed by atoms with Gasteiger partial charge in [0.1, 0.15) is 5.75 Å². The molecule has 3 aromatic rings. The minimum Gasteiger partial charge on any atom is -0.497 e. The van der Waals surface area contributed by atoms with Gasteiger partial charge in [-0.15, -0.1) is 0 Å². The minimum absolute atomic E-state index is 0.0610. The van der Waals surface area contributed by atoms with Crippen molar-refractivity contribution < 1.29 is 22.7 Å². The van der Waals surface area contributed by atoms with Crippen molar-refractivity contribution in [1.82, 2.24) is 4.98 Å². The van der Waals surface area contributed by atoms with Gasteiger partial charge in [0.15, 0.2) is 15.0 Å². The highest BCUT2D eigenvalue weighted by molar-refractivity contribution is 7.91. The normalized spacial score (nSPS) is 16.5. The largest absolute Gasteiger partial charge is 0.497 e. The average Bonchev–Trinajstić information content (AvgIpc) is 3.45. The van der Waals surface area contributed by atoms with Gasteiger partial charge in [0, 0.05) is 13.0 Å². The van der Waals surface area contributed by atoms with E-state index in [1.54, 1.807) is 17.0 Å². The fourth-order valence-corrected chi connectivity index (χ4v) is 5.73. The molecule has 2 heterocycles. The van der Waals surface area contributed by atoms with E-state index >= 15 is 0 Å². The van der Waals surface area contributed by atoms with Gasteiger partial charge in [-0.1, -0.05) is 23.5 Å². The molecular weight excluding hydrogens is 436 g/mol. The molecule has 0 saturated carbocycles. The Morgan fingerprint density at radius 1 is 1.23 bits per heavy atom. The zero-order valence-corrected chi connectivity index (χ0v) is 18.8. The Balaban J connectivity index is 1.52. The van der Waals surface area contributed by atoms with Crippen LogP contribution in [0.15, 0.2) is 53.4 Å². The van der Waals surface area contributed by atoms with E-state index in [4.69, 9.17) is 9.47 Å². The fourth-order valence-electron chi connectivity index (χ4n) is 3.51. The zero-order chi connectivity index (χ0) is 21.8. The molecule has 0 N–H and O–H groups in total. The molecule has 164 valence electrons. The number of methoxy groups -OCH3 is 1. The lowest BCUT2D eigenvalue weighted by atomic mass is 10.2. The second kappa shape index (κ2) is 9.33. The Morgan fingerprint density at radius 2 is 2.00 bits per heavy atom. The SMILES string of the molecule is COc1ccc(S(=O)(=O)CCC(=O)N(CC2CCCO2)c2nc3ccccc3s2)cc1. The van der Waals surface area contributed by atoms with Crippen molar-refractivity contribution in [3.05, 3.63) is 48.5 Å². The molecule has 1 aliphatic rings. The molecule has 0 aliphatic carbocycles. The first-order valence-corrected chi connectivity index (χ1v) is 12.6. The number of para-hydroxylation sites is 1. The number of nitrogens with zero attached hydrogens (tertiary/aromatic N) is 2. The van der Waals surface area contributed by atoms with Crippen LogP contribution in [0.2, 0.25) is 0 Å². The number of amides is 1. The number of carbonyl (C=O) groups excluding carboxylic acids is 1. The third kappa shape index (κ3) is 5.06. The Labute approximate surface area is 185 Å². The van der Waals surface area contributed by atoms with Crippen LogP contribution in [0.4, 0.5) is 5.13 Å². The molecule has 2 aromatic carbocycles. The monoisotopic (exact) mass is 460 g/mol. The highest BCUT2D eigenvalue weighted by Gasteiger charge is 2.27. The Morgan fingerprint density at radius 3 is 2.68 bits per heavy atom. The van der Waals surface area contributed by atoms with Gasteiger partial charge in [0.2, 0.25) is 5.91 Å². The molecule has 1 atom stereocenters. The van der Waals surface area contributed by atoms with Gasteiger partial charge in [-0.3, -0.25) is 9.69 Å². The molecule has 9 heteroatoms. The quantitative estimate of drug-likeness (QED) is 0.510. The van der Waals surface area contributed by atoms with E-state index in [2.05, 4.69) is 4.98 Å². The summed E-state index contributed by atoms with van der Waals surface area (Å²) in [5, 5.41) is 0.573. The second-order valence-corrected chi connectivity index (χ2v) is 10.5. The molecule has 7 nitrogen and oxygen atoms in total. The van der Waals surface area contributed by atoms with Crippen LogP contribution in [0.5, 0.6) is 5.75 Å². The van der Waals surface area contributed by atoms with Crippen molar-refractivity contribution >= 4 is 42.4 Å². The van der Waals surface area contributed by atoms with Crippen molar-refractivity contribution in [2.75, 3.05) is 30.9 Å². The lowest BCUT2D eigenvalue weighted by molar-refractivity contribution is -0.118. The maximum Gasteiger partial charge on any atom is 0.229 e. The van der Waals surface area contributed by atoms with Crippen LogP contribution < -0.4 is 9.64 Å². The van der Waals surface area contributed by atoms with Crippen molar-refractivity contribution in [2.24, 2.45) is 0 Å². The van der Waals surface area contributed by atoms with Crippen LogP contribution in [0.1, 0.15) is 19.3 Å². The van der Waals surface area contributed by atoms with Gasteiger partial charge in [-0.25, -0.2) is 13.4 Å². The molecular formula is C22H24N2O5S2. The number of anilines is 1. The Hall–Kier alpha value is -2.49. The van der Waals surface area contributed by atoms with Gasteiger partial charge in [0.25, 0.3) is 0 Å². The highest BCUT2D eigenvalue weighted by atomic mass is 32.2. The van der Waals surface area contributed by atoms with E-state index in [1.807, 2.05) is 24.3 Å². The number of ether oxygens (including phenoxy) is 2. The topological polar surface area (TPSA) is 85.8 Å². The first kappa shape index (κ1) is 21.7. The lowest BCUT2D eigenvalue weighted by Gasteiger charge is -2.23. The first-order chi connectivity index (χ1) is 15.0. The van der Waals surface area contributed by atoms with E-state index in [-0.39, 0.29) is 29.1 Å². The van der Waals surface area contributed by atoms with Crippen LogP contribution in [0.25, 0.3) is 10.2 Å². The number of carbonyl (C=O) groups is 1. The number of thiazole rings is 1. The van der Waals surface area contributed by atoms with E-state index in [9.17, 15) is 13.2 Å². The number of hydrogen-bond acceptors (Lipinski definition) is 7. The van der Waals surface area contributed by atoms with E-state index in [0.717, 1.165) is 23.1 Å². The highest BCUT2D eigenvalue weighted by Crippen LogP contribution is 2.30. The van der Waals surface area contributed by atoms with Crippen LogP contribution in [0.3, 0.4) is 0 Å². The third-order valence-electron chi connectivity index (χ3n) is 5.23. The second-order valence-electron chi connectivity index (χ2n) is 7.35. The van der Waals surface area contributed by atoms with Crippen LogP contribution in [-0.4, -0.2) is 51.4 Å². The summed E-state index contributed by atoms with van der Waals surface area (Å²) >= 11 is 1.43. The summed E-state index contributed by atoms with van der Waals surface area (Å²) < 4.78 is 37.2. The number of fused-ring (bicyclic) bond motifs is 1. The molecule has 0 spiro atoms. The molecule has 0 radical (unpaired) electrons. The Bertz CT molecular complexity index is 1120. The third-order valence-corrected chi connectivity index (χ3v) is 8.02. The molecule has 1 aliphatic heterocycles. The smallest absolute Gasteiger partial charge is 0.229 e. The van der Waals surface area contributed by atoms with Gasteiger partial charge < -0.3 is 9.47 Å². The molecule has 1 aromatic heterocycles. The van der Waals surface area contributed by atoms with Crippen LogP contribution >= 0.6 is 11.3 Å². The van der Waals surface area contributed by atoms with Crippen molar-refractivity contribution in [3.8, 4) is 5.75 Å². The molecule has 0 bridgehead atoms. The molecule has 1 unspecified atom stereocenters. The summed E-state index contributed by atoms with van der Waals surface area (Å²) in [6, 6.07) is 13.9. The minimum atomic E-state index is -3.60. The van der Waals surface area contributed by atoms with E-state index in [1.165, 1.54) is 30.6 Å². The van der Waals surface area contributed by atoms with Crippen LogP contribution in [-0.2, 0) is 19.4 Å². The number of rotatable bonds is 8. The standard InChI is InChI=1S/C22H24N2O5S2/c1-28-16-8-10-18(11-9-16)31(26,27)14-12-21(25)24(15-17-5-4-13-29-17)22-23-19-6-2-3-7-20(19)30-22/h2-3,6-11,17H,4-5,12-15H2,1H3. The molecule has 31 heavy (non-hydrogen) atoms. The number of aromatic nitrogens is 1. The van der Waals surface area contributed by atoms with Crippen molar-refractivity contribution in [2.45, 2.75) is 30.3 Å². The zero-order valence-electron chi connectivity index (χ0n) is 17.2. The summed E-state index contributed by atoms with van der Waals surface area (Å²) in [7, 11) is -2.08. The van der Waals surface area contributed by atoms with Gasteiger partial charge >= 0.3 is 0 Å². The molecule has 1 saturated heterocycles. The maximum atomic E-state index is 13.1. The summed E-state index contributed by atoms with van der Waals surface area (Å²) in [6.45, 7) is 1.06. The molecule has 1 amide bonds. The molecule has 4 rings (SSSR count). The van der Waals surface area contributed by atoms with Crippen molar-refractivity contribution in [3.63, 3.8) is 0 Å². The maximum absolute atomic E-state index is 13.1. The van der Waals surface area contributed by atoms with Crippen LogP contribution in [0, 0.1) is 0 Å². The number of benzene rings is 2. The number of hydrogen-bond donors (Lipinski definition) is 0. The molecule has 1 fully saturated rings. The first-order valence-electron chi connectivity index (χ1n) is 10.1. The predicted molar refractivity (Wildman–Crippen MR) is 121 cm³/mol. The average molecular weight is 461 g/mol. The Kier molecular flexibility index (Phi) is 6.54. The summed E-state index contributed by atoms with van der Waals surface area (Å²) in [6.07, 6.45) is 1.64. The van der Waals surface area contributed by atoms with Gasteiger partial charge in [-0.05, 0) is 49.2 Å². The van der Waals surface area contributed by atoms with Gasteiger partial charge in [0.05, 0.1) is 40.6 Å². The van der Waals surface area contributed by atoms with Gasteiger partial charge in [-0.2, -0.15) is 0 Å². The fraction of sp³-hybridized carbons (Fsp3) is 0.364. The van der Waals surface area contributed by atoms with Crippen molar-refractivity contribution in [1.29, 1.82) is 0 Å². The summed E-state index contributed by atoms with van der Waals surface area (Å²) in [5.74, 6) is 0.0330. The predicted octanol–water partition coefficient (Wildman–Crippen LogP) is 3.68. The van der Waals surface area contributed by atoms with E-state index in [0.29, 0.717) is 24.0 Å². The summed E-state index contributed by atoms with van der Waals surface area (Å²) in [4.78, 5) is 19.5.